The summed E-state index contributed by atoms with van der Waals surface area (Å²) in [7, 11) is 0. The molecule has 0 saturated heterocycles. The largest absolute Gasteiger partial charge is 0.478 e. The van der Waals surface area contributed by atoms with Crippen LogP contribution in [-0.4, -0.2) is 16.1 Å². The van der Waals surface area contributed by atoms with Crippen LogP contribution in [-0.2, 0) is 0 Å². The molecule has 98 valence electrons. The highest BCUT2D eigenvalue weighted by atomic mass is 35.5. The average Bonchev–Trinajstić information content (AvgIpc) is 2.36. The monoisotopic (exact) mass is 281 g/mol. The number of hydrogen-bond acceptors (Lipinski definition) is 4. The number of carboxylic acids is 1. The Bertz CT molecular complexity index is 649. The van der Waals surface area contributed by atoms with E-state index in [2.05, 4.69) is 10.3 Å². The van der Waals surface area contributed by atoms with Crippen LogP contribution in [0.15, 0.2) is 30.5 Å². The minimum atomic E-state index is -1.12. The molecule has 4 N–H and O–H groups in total. The number of nitrogens with two attached hydrogens (primary N) is 1. The Hall–Kier alpha value is -2.34. The summed E-state index contributed by atoms with van der Waals surface area (Å²) in [5, 5.41) is 11.6. The zero-order chi connectivity index (χ0) is 14.0. The van der Waals surface area contributed by atoms with Crippen LogP contribution in [0.25, 0.3) is 0 Å². The number of rotatable bonds is 3. The van der Waals surface area contributed by atoms with E-state index in [-0.39, 0.29) is 22.1 Å². The average molecular weight is 282 g/mol. The molecule has 7 heteroatoms. The number of carboxylic acid groups (broad SMARTS) is 1. The first-order valence-electron chi connectivity index (χ1n) is 5.18. The fourth-order valence-corrected chi connectivity index (χ4v) is 1.59. The van der Waals surface area contributed by atoms with Crippen LogP contribution in [0.5, 0.6) is 0 Å². The number of aromatic nitrogens is 1. The number of pyridine rings is 1. The summed E-state index contributed by atoms with van der Waals surface area (Å²) >= 11 is 5.64. The third kappa shape index (κ3) is 2.92. The van der Waals surface area contributed by atoms with Gasteiger partial charge in [0.05, 0.1) is 16.3 Å². The van der Waals surface area contributed by atoms with Crippen molar-refractivity contribution in [3.05, 3.63) is 46.9 Å². The second-order valence-electron chi connectivity index (χ2n) is 3.72. The van der Waals surface area contributed by atoms with E-state index in [0.717, 1.165) is 0 Å². The maximum Gasteiger partial charge on any atom is 0.337 e. The summed E-state index contributed by atoms with van der Waals surface area (Å²) in [5.41, 5.74) is 6.33. The number of halogens is 2. The van der Waals surface area contributed by atoms with Crippen LogP contribution in [0.2, 0.25) is 5.02 Å². The van der Waals surface area contributed by atoms with Gasteiger partial charge in [0.2, 0.25) is 0 Å². The molecule has 1 aromatic heterocycles. The van der Waals surface area contributed by atoms with Gasteiger partial charge in [-0.1, -0.05) is 11.6 Å². The van der Waals surface area contributed by atoms with E-state index in [1.54, 1.807) is 0 Å². The van der Waals surface area contributed by atoms with E-state index in [1.165, 1.54) is 30.5 Å². The molecule has 0 atom stereocenters. The number of benzene rings is 1. The van der Waals surface area contributed by atoms with Gasteiger partial charge in [-0.2, -0.15) is 0 Å². The van der Waals surface area contributed by atoms with Crippen LogP contribution in [0, 0.1) is 5.82 Å². The first-order valence-corrected chi connectivity index (χ1v) is 5.56. The summed E-state index contributed by atoms with van der Waals surface area (Å²) in [6.07, 6.45) is 1.17. The van der Waals surface area contributed by atoms with E-state index < -0.39 is 11.8 Å². The van der Waals surface area contributed by atoms with Gasteiger partial charge >= 0.3 is 5.97 Å². The molecule has 0 spiro atoms. The lowest BCUT2D eigenvalue weighted by Gasteiger charge is -2.09. The van der Waals surface area contributed by atoms with E-state index in [9.17, 15) is 9.18 Å². The standard InChI is InChI=1S/C12H9ClFN3O2/c13-8-4-7(1-2-9(8)14)17-11-10(15)3-6(5-16-11)12(18)19/h1-5H,15H2,(H,16,17)(H,18,19). The first-order chi connectivity index (χ1) is 8.97. The summed E-state index contributed by atoms with van der Waals surface area (Å²) in [6.45, 7) is 0. The van der Waals surface area contributed by atoms with E-state index in [0.29, 0.717) is 5.69 Å². The van der Waals surface area contributed by atoms with E-state index in [1.807, 2.05) is 0 Å². The van der Waals surface area contributed by atoms with Crippen LogP contribution in [0.4, 0.5) is 21.6 Å². The SMILES string of the molecule is Nc1cc(C(=O)O)cnc1Nc1ccc(F)c(Cl)c1. The summed E-state index contributed by atoms with van der Waals surface area (Å²) in [6, 6.07) is 5.33. The van der Waals surface area contributed by atoms with Gasteiger partial charge in [0.1, 0.15) is 5.82 Å². The lowest BCUT2D eigenvalue weighted by Crippen LogP contribution is -2.04. The fourth-order valence-electron chi connectivity index (χ4n) is 1.41. The minimum Gasteiger partial charge on any atom is -0.478 e. The smallest absolute Gasteiger partial charge is 0.337 e. The Morgan fingerprint density at radius 2 is 2.16 bits per heavy atom. The van der Waals surface area contributed by atoms with Gasteiger partial charge in [-0.3, -0.25) is 0 Å². The minimum absolute atomic E-state index is 0.0137. The van der Waals surface area contributed by atoms with Crippen molar-refractivity contribution < 1.29 is 14.3 Å². The summed E-state index contributed by atoms with van der Waals surface area (Å²) in [5.74, 6) is -1.38. The Labute approximate surface area is 112 Å². The predicted molar refractivity (Wildman–Crippen MR) is 70.3 cm³/mol. The van der Waals surface area contributed by atoms with E-state index in [4.69, 9.17) is 22.4 Å². The summed E-state index contributed by atoms with van der Waals surface area (Å²) in [4.78, 5) is 14.6. The topological polar surface area (TPSA) is 88.2 Å². The lowest BCUT2D eigenvalue weighted by atomic mass is 10.2. The van der Waals surface area contributed by atoms with Gasteiger partial charge in [-0.05, 0) is 24.3 Å². The molecule has 5 nitrogen and oxygen atoms in total. The highest BCUT2D eigenvalue weighted by Crippen LogP contribution is 2.25. The number of hydrogen-bond donors (Lipinski definition) is 3. The Kier molecular flexibility index (Phi) is 3.52. The molecule has 0 radical (unpaired) electrons. The molecule has 19 heavy (non-hydrogen) atoms. The Balaban J connectivity index is 2.28. The maximum atomic E-state index is 13.0. The first kappa shape index (κ1) is 13.1. The number of carbonyl (C=O) groups is 1. The van der Waals surface area contributed by atoms with Crippen molar-refractivity contribution in [1.82, 2.24) is 4.98 Å². The molecule has 1 heterocycles. The van der Waals surface area contributed by atoms with Crippen molar-refractivity contribution in [1.29, 1.82) is 0 Å². The number of aromatic carboxylic acids is 1. The van der Waals surface area contributed by atoms with Gasteiger partial charge in [0, 0.05) is 11.9 Å². The predicted octanol–water partition coefficient (Wildman–Crippen LogP) is 2.90. The van der Waals surface area contributed by atoms with Crippen molar-refractivity contribution in [2.24, 2.45) is 0 Å². The maximum absolute atomic E-state index is 13.0. The molecule has 0 amide bonds. The molecule has 0 aliphatic carbocycles. The molecule has 0 aliphatic heterocycles. The highest BCUT2D eigenvalue weighted by Gasteiger charge is 2.08. The van der Waals surface area contributed by atoms with Gasteiger partial charge in [-0.15, -0.1) is 0 Å². The van der Waals surface area contributed by atoms with Gasteiger partial charge in [0.25, 0.3) is 0 Å². The molecule has 2 aromatic rings. The normalized spacial score (nSPS) is 10.2. The zero-order valence-corrected chi connectivity index (χ0v) is 10.3. The van der Waals surface area contributed by atoms with Gasteiger partial charge in [0.15, 0.2) is 5.82 Å². The number of nitrogens with one attached hydrogen (secondary N) is 1. The van der Waals surface area contributed by atoms with Crippen molar-refractivity contribution in [2.45, 2.75) is 0 Å². The second kappa shape index (κ2) is 5.11. The molecule has 0 aliphatic rings. The number of anilines is 3. The van der Waals surface area contributed by atoms with Crippen LogP contribution < -0.4 is 11.1 Å². The molecule has 0 bridgehead atoms. The number of nitrogens with zero attached hydrogens (tertiary/aromatic N) is 1. The van der Waals surface area contributed by atoms with Gasteiger partial charge in [-0.25, -0.2) is 14.2 Å². The van der Waals surface area contributed by atoms with Crippen molar-refractivity contribution in [3.63, 3.8) is 0 Å². The van der Waals surface area contributed by atoms with Crippen molar-refractivity contribution >= 4 is 34.8 Å². The van der Waals surface area contributed by atoms with Gasteiger partial charge < -0.3 is 16.2 Å². The quantitative estimate of drug-likeness (QED) is 0.805. The molecular formula is C12H9ClFN3O2. The molecule has 2 rings (SSSR count). The molecule has 0 saturated carbocycles. The molecule has 0 fully saturated rings. The number of nitrogen functional groups attached to an aromatic ring is 1. The Morgan fingerprint density at radius 1 is 1.42 bits per heavy atom. The third-order valence-electron chi connectivity index (χ3n) is 2.35. The van der Waals surface area contributed by atoms with Crippen LogP contribution in [0.1, 0.15) is 10.4 Å². The second-order valence-corrected chi connectivity index (χ2v) is 4.13. The molecular weight excluding hydrogens is 273 g/mol. The van der Waals surface area contributed by atoms with Crippen LogP contribution in [0.3, 0.4) is 0 Å². The van der Waals surface area contributed by atoms with E-state index >= 15 is 0 Å². The molecule has 1 aromatic carbocycles. The lowest BCUT2D eigenvalue weighted by molar-refractivity contribution is 0.0696. The van der Waals surface area contributed by atoms with Crippen LogP contribution >= 0.6 is 11.6 Å². The molecule has 0 unspecified atom stereocenters. The zero-order valence-electron chi connectivity index (χ0n) is 9.52. The Morgan fingerprint density at radius 3 is 2.74 bits per heavy atom. The third-order valence-corrected chi connectivity index (χ3v) is 2.64. The van der Waals surface area contributed by atoms with Crippen molar-refractivity contribution in [2.75, 3.05) is 11.1 Å². The van der Waals surface area contributed by atoms with Crippen molar-refractivity contribution in [3.8, 4) is 0 Å². The summed E-state index contributed by atoms with van der Waals surface area (Å²) < 4.78 is 13.0. The fraction of sp³-hybridized carbons (Fsp3) is 0. The highest BCUT2D eigenvalue weighted by molar-refractivity contribution is 6.31.